The van der Waals surface area contributed by atoms with Crippen molar-refractivity contribution >= 4 is 11.9 Å². The van der Waals surface area contributed by atoms with Crippen LogP contribution in [0.15, 0.2) is 23.3 Å². The number of aromatic nitrogens is 1. The third-order valence-corrected chi connectivity index (χ3v) is 4.28. The van der Waals surface area contributed by atoms with Crippen LogP contribution in [-0.2, 0) is 11.3 Å². The molecule has 1 saturated heterocycles. The molecule has 1 aliphatic rings. The summed E-state index contributed by atoms with van der Waals surface area (Å²) in [6.45, 7) is 12.1. The highest BCUT2D eigenvalue weighted by Gasteiger charge is 2.40. The predicted octanol–water partition coefficient (Wildman–Crippen LogP) is 1.80. The summed E-state index contributed by atoms with van der Waals surface area (Å²) in [6, 6.07) is 4.24. The van der Waals surface area contributed by atoms with E-state index in [0.717, 1.165) is 23.8 Å². The molecule has 1 N–H and O–H groups in total. The Bertz CT molecular complexity index is 606. The Kier molecular flexibility index (Phi) is 5.47. The van der Waals surface area contributed by atoms with Gasteiger partial charge in [-0.1, -0.05) is 6.07 Å². The number of nitrogens with one attached hydrogen (secondary N) is 1. The number of nitrogens with zero attached hydrogens (tertiary/aromatic N) is 4. The van der Waals surface area contributed by atoms with Gasteiger partial charge in [0.25, 0.3) is 0 Å². The molecule has 1 aromatic heterocycles. The molecule has 0 aliphatic carbocycles. The quantitative estimate of drug-likeness (QED) is 0.678. The minimum absolute atomic E-state index is 0.140. The zero-order valence-electron chi connectivity index (χ0n) is 15.6. The molecule has 0 unspecified atom stereocenters. The summed E-state index contributed by atoms with van der Waals surface area (Å²) < 4.78 is 0. The van der Waals surface area contributed by atoms with Crippen LogP contribution in [0.3, 0.4) is 0 Å². The van der Waals surface area contributed by atoms with Gasteiger partial charge in [-0.2, -0.15) is 0 Å². The molecular weight excluding hydrogens is 302 g/mol. The number of rotatable bonds is 3. The standard InChI is InChI=1S/C18H29N5O/c1-13(2)23-16(24)11-22(12-18(23,4)5)17(19-6)21-10-15-8-7-14(3)20-9-15/h7-9,13H,10-12H2,1-6H3,(H,19,21). The van der Waals surface area contributed by atoms with Gasteiger partial charge in [0.15, 0.2) is 5.96 Å². The van der Waals surface area contributed by atoms with Gasteiger partial charge in [0.05, 0.1) is 12.1 Å². The molecule has 0 spiro atoms. The van der Waals surface area contributed by atoms with Crippen LogP contribution in [0.25, 0.3) is 0 Å². The first-order valence-corrected chi connectivity index (χ1v) is 8.44. The fraction of sp³-hybridized carbons (Fsp3) is 0.611. The Balaban J connectivity index is 2.06. The summed E-state index contributed by atoms with van der Waals surface area (Å²) in [7, 11) is 1.75. The van der Waals surface area contributed by atoms with E-state index in [2.05, 4.69) is 49.1 Å². The van der Waals surface area contributed by atoms with E-state index in [1.54, 1.807) is 7.05 Å². The van der Waals surface area contributed by atoms with Crippen LogP contribution >= 0.6 is 0 Å². The van der Waals surface area contributed by atoms with E-state index in [4.69, 9.17) is 0 Å². The van der Waals surface area contributed by atoms with E-state index in [9.17, 15) is 4.79 Å². The number of aryl methyl sites for hydroxylation is 1. The normalized spacial score (nSPS) is 18.3. The van der Waals surface area contributed by atoms with Crippen LogP contribution in [0, 0.1) is 6.92 Å². The van der Waals surface area contributed by atoms with E-state index in [1.807, 2.05) is 29.0 Å². The Morgan fingerprint density at radius 2 is 2.12 bits per heavy atom. The number of amides is 1. The number of carbonyl (C=O) groups excluding carboxylic acids is 1. The summed E-state index contributed by atoms with van der Waals surface area (Å²) in [5, 5.41) is 3.34. The predicted molar refractivity (Wildman–Crippen MR) is 96.8 cm³/mol. The molecule has 1 aromatic rings. The molecule has 1 amide bonds. The Morgan fingerprint density at radius 1 is 1.42 bits per heavy atom. The summed E-state index contributed by atoms with van der Waals surface area (Å²) in [5.41, 5.74) is 1.86. The average Bonchev–Trinajstić information content (AvgIpc) is 2.47. The fourth-order valence-corrected chi connectivity index (χ4v) is 3.43. The van der Waals surface area contributed by atoms with Gasteiger partial charge in [-0.05, 0) is 46.2 Å². The number of piperazine rings is 1. The average molecular weight is 331 g/mol. The Morgan fingerprint density at radius 3 is 2.62 bits per heavy atom. The van der Waals surface area contributed by atoms with Crippen molar-refractivity contribution in [2.75, 3.05) is 20.1 Å². The van der Waals surface area contributed by atoms with E-state index in [-0.39, 0.29) is 17.5 Å². The maximum Gasteiger partial charge on any atom is 0.242 e. The summed E-state index contributed by atoms with van der Waals surface area (Å²) in [6.07, 6.45) is 1.86. The number of hydrogen-bond acceptors (Lipinski definition) is 3. The monoisotopic (exact) mass is 331 g/mol. The second kappa shape index (κ2) is 7.20. The first-order valence-electron chi connectivity index (χ1n) is 8.44. The van der Waals surface area contributed by atoms with Crippen LogP contribution < -0.4 is 5.32 Å². The van der Waals surface area contributed by atoms with Gasteiger partial charge in [-0.3, -0.25) is 14.8 Å². The first kappa shape index (κ1) is 18.2. The van der Waals surface area contributed by atoms with Crippen molar-refractivity contribution in [1.29, 1.82) is 0 Å². The molecule has 2 rings (SSSR count). The fourth-order valence-electron chi connectivity index (χ4n) is 3.43. The molecule has 24 heavy (non-hydrogen) atoms. The SMILES string of the molecule is CN=C(NCc1ccc(C)nc1)N1CC(=O)N(C(C)C)C(C)(C)C1. The summed E-state index contributed by atoms with van der Waals surface area (Å²) >= 11 is 0. The lowest BCUT2D eigenvalue weighted by Crippen LogP contribution is -2.66. The van der Waals surface area contributed by atoms with Crippen LogP contribution in [0.2, 0.25) is 0 Å². The Hall–Kier alpha value is -2.11. The summed E-state index contributed by atoms with van der Waals surface area (Å²) in [4.78, 5) is 25.2. The molecule has 0 atom stereocenters. The van der Waals surface area contributed by atoms with Crippen molar-refractivity contribution in [3.63, 3.8) is 0 Å². The molecule has 0 bridgehead atoms. The summed E-state index contributed by atoms with van der Waals surface area (Å²) in [5.74, 6) is 0.890. The first-order chi connectivity index (χ1) is 11.2. The van der Waals surface area contributed by atoms with Gasteiger partial charge < -0.3 is 15.1 Å². The number of hydrogen-bond donors (Lipinski definition) is 1. The lowest BCUT2D eigenvalue weighted by molar-refractivity contribution is -0.145. The van der Waals surface area contributed by atoms with Gasteiger partial charge in [0.2, 0.25) is 5.91 Å². The van der Waals surface area contributed by atoms with E-state index < -0.39 is 0 Å². The van der Waals surface area contributed by atoms with Gasteiger partial charge in [0.1, 0.15) is 0 Å². The van der Waals surface area contributed by atoms with Crippen molar-refractivity contribution in [3.8, 4) is 0 Å². The second-order valence-corrected chi connectivity index (χ2v) is 7.23. The molecule has 6 heteroatoms. The highest BCUT2D eigenvalue weighted by molar-refractivity contribution is 5.88. The minimum atomic E-state index is -0.230. The van der Waals surface area contributed by atoms with Crippen LogP contribution in [0.1, 0.15) is 39.0 Å². The molecule has 2 heterocycles. The van der Waals surface area contributed by atoms with Crippen LogP contribution in [-0.4, -0.2) is 58.4 Å². The second-order valence-electron chi connectivity index (χ2n) is 7.23. The van der Waals surface area contributed by atoms with Gasteiger partial charge >= 0.3 is 0 Å². The molecule has 0 aromatic carbocycles. The molecular formula is C18H29N5O. The Labute approximate surface area is 145 Å². The molecule has 6 nitrogen and oxygen atoms in total. The highest BCUT2D eigenvalue weighted by atomic mass is 16.2. The lowest BCUT2D eigenvalue weighted by Gasteiger charge is -2.49. The van der Waals surface area contributed by atoms with E-state index >= 15 is 0 Å². The number of aliphatic imine (C=N–C) groups is 1. The van der Waals surface area contributed by atoms with Crippen molar-refractivity contribution in [3.05, 3.63) is 29.6 Å². The maximum absolute atomic E-state index is 12.6. The van der Waals surface area contributed by atoms with Crippen molar-refractivity contribution < 1.29 is 4.79 Å². The van der Waals surface area contributed by atoms with Gasteiger partial charge in [-0.15, -0.1) is 0 Å². The number of pyridine rings is 1. The number of guanidine groups is 1. The van der Waals surface area contributed by atoms with Gasteiger partial charge in [0, 0.05) is 38.1 Å². The molecule has 0 saturated carbocycles. The molecule has 132 valence electrons. The van der Waals surface area contributed by atoms with Crippen molar-refractivity contribution in [1.82, 2.24) is 20.1 Å². The molecule has 1 aliphatic heterocycles. The maximum atomic E-state index is 12.6. The van der Waals surface area contributed by atoms with Crippen molar-refractivity contribution in [2.45, 2.75) is 52.7 Å². The smallest absolute Gasteiger partial charge is 0.242 e. The third-order valence-electron chi connectivity index (χ3n) is 4.28. The largest absolute Gasteiger partial charge is 0.352 e. The minimum Gasteiger partial charge on any atom is -0.352 e. The highest BCUT2D eigenvalue weighted by Crippen LogP contribution is 2.24. The topological polar surface area (TPSA) is 60.8 Å². The molecule has 1 fully saturated rings. The van der Waals surface area contributed by atoms with Gasteiger partial charge in [-0.25, -0.2) is 0 Å². The molecule has 0 radical (unpaired) electrons. The van der Waals surface area contributed by atoms with Crippen LogP contribution in [0.5, 0.6) is 0 Å². The van der Waals surface area contributed by atoms with Crippen LogP contribution in [0.4, 0.5) is 0 Å². The number of carbonyl (C=O) groups is 1. The zero-order valence-corrected chi connectivity index (χ0v) is 15.6. The lowest BCUT2D eigenvalue weighted by atomic mass is 9.96. The zero-order chi connectivity index (χ0) is 17.9. The van der Waals surface area contributed by atoms with E-state index in [0.29, 0.717) is 13.1 Å². The van der Waals surface area contributed by atoms with Crippen molar-refractivity contribution in [2.24, 2.45) is 4.99 Å². The van der Waals surface area contributed by atoms with E-state index in [1.165, 1.54) is 0 Å². The third kappa shape index (κ3) is 4.04.